The van der Waals surface area contributed by atoms with Gasteiger partial charge in [0.25, 0.3) is 0 Å². The number of rotatable bonds is 5. The Morgan fingerprint density at radius 1 is 1.48 bits per heavy atom. The molecule has 3 aromatic rings. The van der Waals surface area contributed by atoms with E-state index in [4.69, 9.17) is 4.42 Å². The number of nitrogens with zero attached hydrogens (tertiary/aromatic N) is 7. The fraction of sp³-hybridized carbons (Fsp3) is 0.357. The van der Waals surface area contributed by atoms with Crippen molar-refractivity contribution in [1.82, 2.24) is 40.2 Å². The van der Waals surface area contributed by atoms with Crippen LogP contribution in [0, 0.1) is 0 Å². The topological polar surface area (TPSA) is 113 Å². The molecule has 0 aliphatic rings. The number of aromatic amines is 1. The standard InChI is InChI=1S/C14H19N9O.HI/c1-15-14(22(2)8-12-17-9-18-23(12)3)16-7-11-19-13(21-20-11)10-5-4-6-24-10;/h4-6,9H,7-8H2,1-3H3,(H,15,16)(H,19,20,21);1H. The van der Waals surface area contributed by atoms with Crippen molar-refractivity contribution in [1.29, 1.82) is 0 Å². The molecule has 0 aromatic carbocycles. The lowest BCUT2D eigenvalue weighted by Crippen LogP contribution is -2.38. The third-order valence-corrected chi connectivity index (χ3v) is 3.44. The first kappa shape index (κ1) is 18.9. The molecule has 0 atom stereocenters. The molecule has 10 nitrogen and oxygen atoms in total. The molecular weight excluding hydrogens is 437 g/mol. The Kier molecular flexibility index (Phi) is 6.50. The Balaban J connectivity index is 0.00000225. The van der Waals surface area contributed by atoms with Crippen molar-refractivity contribution in [2.24, 2.45) is 12.0 Å². The highest BCUT2D eigenvalue weighted by Gasteiger charge is 2.12. The third-order valence-electron chi connectivity index (χ3n) is 3.44. The second-order valence-electron chi connectivity index (χ2n) is 5.14. The van der Waals surface area contributed by atoms with E-state index in [1.807, 2.05) is 25.1 Å². The second-order valence-corrected chi connectivity index (χ2v) is 5.14. The lowest BCUT2D eigenvalue weighted by Gasteiger charge is -2.20. The molecule has 0 bridgehead atoms. The summed E-state index contributed by atoms with van der Waals surface area (Å²) in [5.74, 6) is 3.41. The number of guanidine groups is 1. The van der Waals surface area contributed by atoms with E-state index in [0.29, 0.717) is 36.5 Å². The number of hydrogen-bond acceptors (Lipinski definition) is 6. The molecule has 134 valence electrons. The van der Waals surface area contributed by atoms with E-state index in [-0.39, 0.29) is 24.0 Å². The number of aryl methyl sites for hydroxylation is 1. The van der Waals surface area contributed by atoms with E-state index in [0.717, 1.165) is 5.82 Å². The minimum Gasteiger partial charge on any atom is -0.461 e. The van der Waals surface area contributed by atoms with Gasteiger partial charge in [0.1, 0.15) is 18.0 Å². The molecule has 3 aromatic heterocycles. The van der Waals surface area contributed by atoms with Crippen molar-refractivity contribution in [2.45, 2.75) is 13.1 Å². The van der Waals surface area contributed by atoms with Crippen LogP contribution in [0.15, 0.2) is 34.1 Å². The summed E-state index contributed by atoms with van der Waals surface area (Å²) in [4.78, 5) is 14.8. The van der Waals surface area contributed by atoms with Crippen molar-refractivity contribution < 1.29 is 4.42 Å². The van der Waals surface area contributed by atoms with E-state index >= 15 is 0 Å². The summed E-state index contributed by atoms with van der Waals surface area (Å²) in [6.45, 7) is 1.05. The molecule has 0 saturated heterocycles. The first-order chi connectivity index (χ1) is 11.7. The van der Waals surface area contributed by atoms with Crippen molar-refractivity contribution in [3.63, 3.8) is 0 Å². The van der Waals surface area contributed by atoms with Crippen LogP contribution >= 0.6 is 24.0 Å². The number of furan rings is 1. The molecule has 3 rings (SSSR count). The van der Waals surface area contributed by atoms with E-state index < -0.39 is 0 Å². The Labute approximate surface area is 161 Å². The van der Waals surface area contributed by atoms with Gasteiger partial charge in [-0.2, -0.15) is 5.10 Å². The van der Waals surface area contributed by atoms with Crippen LogP contribution in [0.3, 0.4) is 0 Å². The average molecular weight is 457 g/mol. The number of halogens is 1. The van der Waals surface area contributed by atoms with E-state index in [9.17, 15) is 0 Å². The largest absolute Gasteiger partial charge is 0.461 e. The van der Waals surface area contributed by atoms with Gasteiger partial charge in [-0.25, -0.2) is 9.97 Å². The summed E-state index contributed by atoms with van der Waals surface area (Å²) in [6, 6.07) is 3.61. The van der Waals surface area contributed by atoms with Crippen molar-refractivity contribution in [3.8, 4) is 11.6 Å². The molecule has 11 heteroatoms. The van der Waals surface area contributed by atoms with Gasteiger partial charge in [0.15, 0.2) is 11.7 Å². The van der Waals surface area contributed by atoms with Gasteiger partial charge >= 0.3 is 0 Å². The number of nitrogens with one attached hydrogen (secondary N) is 2. The molecule has 0 amide bonds. The summed E-state index contributed by atoms with van der Waals surface area (Å²) in [5, 5.41) is 14.3. The maximum Gasteiger partial charge on any atom is 0.216 e. The Bertz CT molecular complexity index is 808. The van der Waals surface area contributed by atoms with Gasteiger partial charge in [0.05, 0.1) is 19.4 Å². The highest BCUT2D eigenvalue weighted by Crippen LogP contribution is 2.14. The summed E-state index contributed by atoms with van der Waals surface area (Å²) in [6.07, 6.45) is 3.12. The number of H-pyrrole nitrogens is 1. The van der Waals surface area contributed by atoms with E-state index in [1.54, 1.807) is 24.1 Å². The van der Waals surface area contributed by atoms with Crippen molar-refractivity contribution in [3.05, 3.63) is 36.4 Å². The first-order valence-electron chi connectivity index (χ1n) is 7.37. The van der Waals surface area contributed by atoms with Gasteiger partial charge in [0, 0.05) is 21.1 Å². The smallest absolute Gasteiger partial charge is 0.216 e. The van der Waals surface area contributed by atoms with Crippen molar-refractivity contribution >= 4 is 29.9 Å². The lowest BCUT2D eigenvalue weighted by atomic mass is 10.4. The molecule has 0 fully saturated rings. The summed E-state index contributed by atoms with van der Waals surface area (Å²) < 4.78 is 7.01. The highest BCUT2D eigenvalue weighted by atomic mass is 127. The Morgan fingerprint density at radius 2 is 2.32 bits per heavy atom. The average Bonchev–Trinajstić information content (AvgIpc) is 3.30. The SMILES string of the molecule is CN=C(NCc1nc(-c2ccco2)n[nH]1)N(C)Cc1ncnn1C.I. The van der Waals surface area contributed by atoms with Crippen LogP contribution in [-0.2, 0) is 20.1 Å². The normalized spacial score (nSPS) is 11.2. The molecule has 0 aliphatic heterocycles. The molecule has 2 N–H and O–H groups in total. The lowest BCUT2D eigenvalue weighted by molar-refractivity contribution is 0.447. The Morgan fingerprint density at radius 3 is 2.96 bits per heavy atom. The number of aromatic nitrogens is 6. The Hall–Kier alpha value is -2.44. The first-order valence-corrected chi connectivity index (χ1v) is 7.37. The summed E-state index contributed by atoms with van der Waals surface area (Å²) in [7, 11) is 5.51. The zero-order valence-corrected chi connectivity index (χ0v) is 16.5. The van der Waals surface area contributed by atoms with Gasteiger partial charge in [-0.05, 0) is 12.1 Å². The van der Waals surface area contributed by atoms with Crippen LogP contribution in [0.1, 0.15) is 11.6 Å². The fourth-order valence-corrected chi connectivity index (χ4v) is 2.19. The van der Waals surface area contributed by atoms with Gasteiger partial charge in [-0.1, -0.05) is 0 Å². The van der Waals surface area contributed by atoms with E-state index in [1.165, 1.54) is 6.33 Å². The maximum atomic E-state index is 5.28. The predicted molar refractivity (Wildman–Crippen MR) is 102 cm³/mol. The predicted octanol–water partition coefficient (Wildman–Crippen LogP) is 1.02. The molecule has 0 saturated carbocycles. The minimum absolute atomic E-state index is 0. The molecular formula is C14H20IN9O. The minimum atomic E-state index is 0. The second kappa shape index (κ2) is 8.60. The maximum absolute atomic E-state index is 5.28. The van der Waals surface area contributed by atoms with Crippen LogP contribution in [-0.4, -0.2) is 54.9 Å². The van der Waals surface area contributed by atoms with Crippen LogP contribution in [0.5, 0.6) is 0 Å². The zero-order chi connectivity index (χ0) is 16.9. The van der Waals surface area contributed by atoms with Gasteiger partial charge in [0.2, 0.25) is 5.82 Å². The van der Waals surface area contributed by atoms with Crippen LogP contribution < -0.4 is 5.32 Å². The molecule has 0 radical (unpaired) electrons. The molecule has 0 unspecified atom stereocenters. The molecule has 0 aliphatic carbocycles. The third kappa shape index (κ3) is 4.55. The summed E-state index contributed by atoms with van der Waals surface area (Å²) in [5.41, 5.74) is 0. The van der Waals surface area contributed by atoms with Gasteiger partial charge in [-0.3, -0.25) is 14.8 Å². The molecule has 25 heavy (non-hydrogen) atoms. The highest BCUT2D eigenvalue weighted by molar-refractivity contribution is 14.0. The van der Waals surface area contributed by atoms with Crippen LogP contribution in [0.2, 0.25) is 0 Å². The molecule has 3 heterocycles. The zero-order valence-electron chi connectivity index (χ0n) is 14.2. The van der Waals surface area contributed by atoms with Crippen molar-refractivity contribution in [2.75, 3.05) is 14.1 Å². The fourth-order valence-electron chi connectivity index (χ4n) is 2.19. The number of hydrogen-bond donors (Lipinski definition) is 2. The van der Waals surface area contributed by atoms with Gasteiger partial charge < -0.3 is 14.6 Å². The monoisotopic (exact) mass is 457 g/mol. The van der Waals surface area contributed by atoms with E-state index in [2.05, 4.69) is 35.6 Å². The van der Waals surface area contributed by atoms with Gasteiger partial charge in [-0.15, -0.1) is 29.1 Å². The number of aliphatic imine (C=N–C) groups is 1. The molecule has 0 spiro atoms. The van der Waals surface area contributed by atoms with Crippen LogP contribution in [0.25, 0.3) is 11.6 Å². The quantitative estimate of drug-likeness (QED) is 0.334. The summed E-state index contributed by atoms with van der Waals surface area (Å²) >= 11 is 0. The van der Waals surface area contributed by atoms with Crippen LogP contribution in [0.4, 0.5) is 0 Å².